The van der Waals surface area contributed by atoms with E-state index in [2.05, 4.69) is 4.90 Å². The van der Waals surface area contributed by atoms with E-state index in [1.807, 2.05) is 17.0 Å². The fourth-order valence-electron chi connectivity index (χ4n) is 2.92. The van der Waals surface area contributed by atoms with Crippen molar-refractivity contribution in [3.05, 3.63) is 35.6 Å². The van der Waals surface area contributed by atoms with E-state index >= 15 is 0 Å². The van der Waals surface area contributed by atoms with Gasteiger partial charge in [-0.1, -0.05) is 12.1 Å². The molecule has 23 heavy (non-hydrogen) atoms. The smallest absolute Gasteiger partial charge is 0.232 e. The molecule has 0 N–H and O–H groups in total. The highest BCUT2D eigenvalue weighted by molar-refractivity contribution is 7.99. The van der Waals surface area contributed by atoms with Crippen molar-refractivity contribution in [3.63, 3.8) is 0 Å². The zero-order valence-electron chi connectivity index (χ0n) is 13.5. The predicted molar refractivity (Wildman–Crippen MR) is 92.9 cm³/mol. The number of carbonyl (C=O) groups is 1. The summed E-state index contributed by atoms with van der Waals surface area (Å²) in [6, 6.07) is 6.72. The van der Waals surface area contributed by atoms with Crippen molar-refractivity contribution in [2.24, 2.45) is 5.92 Å². The van der Waals surface area contributed by atoms with E-state index in [0.717, 1.165) is 56.4 Å². The second-order valence-corrected chi connectivity index (χ2v) is 7.63. The van der Waals surface area contributed by atoms with E-state index in [-0.39, 0.29) is 5.82 Å². The Hall–Kier alpha value is -1.07. The van der Waals surface area contributed by atoms with Crippen LogP contribution in [0, 0.1) is 11.7 Å². The molecule has 0 radical (unpaired) electrons. The van der Waals surface area contributed by atoms with E-state index in [1.54, 1.807) is 11.8 Å². The zero-order valence-corrected chi connectivity index (χ0v) is 14.4. The van der Waals surface area contributed by atoms with Crippen molar-refractivity contribution in [2.75, 3.05) is 37.7 Å². The molecule has 1 aliphatic heterocycles. The van der Waals surface area contributed by atoms with Gasteiger partial charge in [0.05, 0.1) is 5.75 Å². The Bertz CT molecular complexity index is 518. The molecular weight excluding hydrogens is 311 g/mol. The molecule has 5 heteroatoms. The molecule has 1 saturated heterocycles. The van der Waals surface area contributed by atoms with Crippen LogP contribution >= 0.6 is 11.8 Å². The highest BCUT2D eigenvalue weighted by Crippen LogP contribution is 2.32. The Morgan fingerprint density at radius 2 is 1.91 bits per heavy atom. The Morgan fingerprint density at radius 3 is 2.65 bits per heavy atom. The van der Waals surface area contributed by atoms with E-state index < -0.39 is 0 Å². The van der Waals surface area contributed by atoms with Crippen molar-refractivity contribution < 1.29 is 9.18 Å². The maximum atomic E-state index is 13.0. The van der Waals surface area contributed by atoms with Crippen LogP contribution in [-0.4, -0.2) is 53.4 Å². The van der Waals surface area contributed by atoms with Crippen LogP contribution in [0.5, 0.6) is 0 Å². The highest BCUT2D eigenvalue weighted by atomic mass is 32.2. The Balaban J connectivity index is 1.42. The number of amides is 1. The van der Waals surface area contributed by atoms with E-state index in [0.29, 0.717) is 11.7 Å². The first-order chi connectivity index (χ1) is 11.2. The lowest BCUT2D eigenvalue weighted by molar-refractivity contribution is -0.128. The fourth-order valence-corrected chi connectivity index (χ4v) is 4.06. The summed E-state index contributed by atoms with van der Waals surface area (Å²) in [6.45, 7) is 4.40. The molecule has 0 aromatic heterocycles. The molecule has 3 nitrogen and oxygen atoms in total. The minimum Gasteiger partial charge on any atom is -0.341 e. The van der Waals surface area contributed by atoms with Crippen molar-refractivity contribution in [1.82, 2.24) is 9.80 Å². The lowest BCUT2D eigenvalue weighted by Crippen LogP contribution is -2.36. The number of rotatable bonds is 6. The van der Waals surface area contributed by atoms with Gasteiger partial charge in [0.1, 0.15) is 5.82 Å². The summed E-state index contributed by atoms with van der Waals surface area (Å²) in [5, 5.41) is 0. The Kier molecular flexibility index (Phi) is 5.95. The van der Waals surface area contributed by atoms with Gasteiger partial charge in [-0.15, -0.1) is 0 Å². The van der Waals surface area contributed by atoms with E-state index in [1.165, 1.54) is 25.0 Å². The second-order valence-electron chi connectivity index (χ2n) is 6.60. The monoisotopic (exact) mass is 336 g/mol. The quantitative estimate of drug-likeness (QED) is 0.798. The lowest BCUT2D eigenvalue weighted by Gasteiger charge is -2.22. The van der Waals surface area contributed by atoms with Crippen LogP contribution < -0.4 is 0 Å². The molecule has 1 heterocycles. The van der Waals surface area contributed by atoms with E-state index in [9.17, 15) is 9.18 Å². The second kappa shape index (κ2) is 8.15. The third-order valence-corrected chi connectivity index (χ3v) is 5.69. The van der Waals surface area contributed by atoms with Crippen LogP contribution in [0.4, 0.5) is 4.39 Å². The average Bonchev–Trinajstić information content (AvgIpc) is 3.37. The summed E-state index contributed by atoms with van der Waals surface area (Å²) >= 11 is 1.80. The minimum atomic E-state index is -0.190. The number of hydrogen-bond donors (Lipinski definition) is 0. The van der Waals surface area contributed by atoms with Crippen molar-refractivity contribution in [1.29, 1.82) is 0 Å². The van der Waals surface area contributed by atoms with Crippen LogP contribution in [0.15, 0.2) is 24.3 Å². The average molecular weight is 336 g/mol. The van der Waals surface area contributed by atoms with Gasteiger partial charge in [-0.2, -0.15) is 11.8 Å². The number of thioether (sulfide) groups is 1. The molecule has 1 aliphatic carbocycles. The molecule has 2 aliphatic rings. The first kappa shape index (κ1) is 16.8. The number of nitrogens with zero attached hydrogens (tertiary/aromatic N) is 2. The molecule has 126 valence electrons. The summed E-state index contributed by atoms with van der Waals surface area (Å²) in [5.74, 6) is 2.76. The summed E-state index contributed by atoms with van der Waals surface area (Å²) in [5.41, 5.74) is 1.13. The molecule has 0 spiro atoms. The minimum absolute atomic E-state index is 0.190. The Morgan fingerprint density at radius 1 is 1.13 bits per heavy atom. The van der Waals surface area contributed by atoms with Gasteiger partial charge in [0.15, 0.2) is 0 Å². The summed E-state index contributed by atoms with van der Waals surface area (Å²) in [4.78, 5) is 16.7. The SMILES string of the molecule is O=C(CSCC1CC1)N1CCCN(Cc2ccc(F)cc2)CC1. The number of hydrogen-bond acceptors (Lipinski definition) is 3. The first-order valence-electron chi connectivity index (χ1n) is 8.53. The van der Waals surface area contributed by atoms with E-state index in [4.69, 9.17) is 0 Å². The highest BCUT2D eigenvalue weighted by Gasteiger charge is 2.23. The van der Waals surface area contributed by atoms with Crippen LogP contribution in [0.2, 0.25) is 0 Å². The number of benzene rings is 1. The van der Waals surface area contributed by atoms with Gasteiger partial charge in [0.25, 0.3) is 0 Å². The van der Waals surface area contributed by atoms with Gasteiger partial charge in [-0.05, 0) is 48.6 Å². The lowest BCUT2D eigenvalue weighted by atomic mass is 10.2. The summed E-state index contributed by atoms with van der Waals surface area (Å²) in [6.07, 6.45) is 3.72. The molecule has 1 amide bonds. The normalized spacial score (nSPS) is 19.6. The molecule has 1 saturated carbocycles. The van der Waals surface area contributed by atoms with Gasteiger partial charge >= 0.3 is 0 Å². The molecule has 0 atom stereocenters. The molecule has 1 aromatic carbocycles. The zero-order chi connectivity index (χ0) is 16.1. The Labute approximate surface area is 142 Å². The van der Waals surface area contributed by atoms with Crippen molar-refractivity contribution >= 4 is 17.7 Å². The predicted octanol–water partition coefficient (Wildman–Crippen LogP) is 3.00. The third kappa shape index (κ3) is 5.50. The van der Waals surface area contributed by atoms with Gasteiger partial charge in [-0.25, -0.2) is 4.39 Å². The first-order valence-corrected chi connectivity index (χ1v) is 9.68. The molecule has 3 rings (SSSR count). The number of carbonyl (C=O) groups excluding carboxylic acids is 1. The van der Waals surface area contributed by atoms with Gasteiger partial charge in [0, 0.05) is 32.7 Å². The van der Waals surface area contributed by atoms with Crippen molar-refractivity contribution in [2.45, 2.75) is 25.8 Å². The van der Waals surface area contributed by atoms with Crippen LogP contribution in [0.25, 0.3) is 0 Å². The van der Waals surface area contributed by atoms with Gasteiger partial charge in [0.2, 0.25) is 5.91 Å². The molecule has 0 bridgehead atoms. The molecule has 0 unspecified atom stereocenters. The largest absolute Gasteiger partial charge is 0.341 e. The molecule has 1 aromatic rings. The maximum absolute atomic E-state index is 13.0. The standard InChI is InChI=1S/C18H25FN2OS/c19-17-6-4-15(5-7-17)12-20-8-1-9-21(11-10-20)18(22)14-23-13-16-2-3-16/h4-7,16H,1-3,8-14H2. The third-order valence-electron chi connectivity index (χ3n) is 4.54. The molecule has 2 fully saturated rings. The van der Waals surface area contributed by atoms with Gasteiger partial charge in [-0.3, -0.25) is 9.69 Å². The summed E-state index contributed by atoms with van der Waals surface area (Å²) in [7, 11) is 0. The fraction of sp³-hybridized carbons (Fsp3) is 0.611. The van der Waals surface area contributed by atoms with Crippen LogP contribution in [0.3, 0.4) is 0 Å². The van der Waals surface area contributed by atoms with Crippen LogP contribution in [-0.2, 0) is 11.3 Å². The summed E-state index contributed by atoms with van der Waals surface area (Å²) < 4.78 is 13.0. The van der Waals surface area contributed by atoms with Gasteiger partial charge < -0.3 is 4.90 Å². The topological polar surface area (TPSA) is 23.6 Å². The maximum Gasteiger partial charge on any atom is 0.232 e. The van der Waals surface area contributed by atoms with Crippen molar-refractivity contribution in [3.8, 4) is 0 Å². The molecular formula is C18H25FN2OS. The number of halogens is 1. The van der Waals surface area contributed by atoms with Crippen LogP contribution in [0.1, 0.15) is 24.8 Å².